The first-order valence-electron chi connectivity index (χ1n) is 6.86. The number of rotatable bonds is 6. The monoisotopic (exact) mass is 316 g/mol. The number of anilines is 1. The Hall–Kier alpha value is -1.29. The van der Waals surface area contributed by atoms with Crippen molar-refractivity contribution in [1.82, 2.24) is 14.3 Å². The second-order valence-corrected chi connectivity index (χ2v) is 6.59. The zero-order valence-electron chi connectivity index (χ0n) is 11.9. The van der Waals surface area contributed by atoms with E-state index in [2.05, 4.69) is 15.3 Å². The minimum Gasteiger partial charge on any atom is -0.395 e. The molecule has 0 amide bonds. The van der Waals surface area contributed by atoms with E-state index in [9.17, 15) is 13.5 Å². The van der Waals surface area contributed by atoms with Gasteiger partial charge in [-0.15, -0.1) is 0 Å². The summed E-state index contributed by atoms with van der Waals surface area (Å²) in [5.41, 5.74) is 0. The van der Waals surface area contributed by atoms with Gasteiger partial charge in [0.05, 0.1) is 38.3 Å². The molecule has 118 valence electrons. The second-order valence-electron chi connectivity index (χ2n) is 4.70. The zero-order chi connectivity index (χ0) is 15.3. The summed E-state index contributed by atoms with van der Waals surface area (Å²) in [5.74, 6) is 0.400. The van der Waals surface area contributed by atoms with E-state index in [1.807, 2.05) is 6.92 Å². The molecule has 0 aliphatic carbocycles. The normalized spacial score (nSPS) is 20.4. The van der Waals surface area contributed by atoms with Gasteiger partial charge in [-0.2, -0.15) is 4.31 Å². The van der Waals surface area contributed by atoms with Crippen molar-refractivity contribution < 1.29 is 18.3 Å². The number of aliphatic hydroxyl groups excluding tert-OH is 1. The summed E-state index contributed by atoms with van der Waals surface area (Å²) in [4.78, 5) is 8.03. The average Bonchev–Trinajstić information content (AvgIpc) is 2.53. The molecule has 1 fully saturated rings. The van der Waals surface area contributed by atoms with Gasteiger partial charge in [0.25, 0.3) is 0 Å². The predicted molar refractivity (Wildman–Crippen MR) is 76.4 cm³/mol. The molecule has 1 aliphatic rings. The van der Waals surface area contributed by atoms with E-state index < -0.39 is 16.1 Å². The van der Waals surface area contributed by atoms with Crippen LogP contribution in [0.1, 0.15) is 13.3 Å². The molecule has 0 radical (unpaired) electrons. The molecular weight excluding hydrogens is 296 g/mol. The van der Waals surface area contributed by atoms with E-state index in [0.717, 1.165) is 13.0 Å². The molecule has 1 aliphatic heterocycles. The summed E-state index contributed by atoms with van der Waals surface area (Å²) in [7, 11) is -3.72. The fourth-order valence-corrected chi connectivity index (χ4v) is 3.49. The number of aliphatic hydroxyl groups is 1. The van der Waals surface area contributed by atoms with Gasteiger partial charge in [-0.25, -0.2) is 18.4 Å². The van der Waals surface area contributed by atoms with Crippen molar-refractivity contribution in [2.75, 3.05) is 38.2 Å². The lowest BCUT2D eigenvalue weighted by Gasteiger charge is -2.33. The Morgan fingerprint density at radius 1 is 1.48 bits per heavy atom. The maximum absolute atomic E-state index is 12.5. The summed E-state index contributed by atoms with van der Waals surface area (Å²) in [6, 6.07) is -0.568. The Kier molecular flexibility index (Phi) is 5.45. The van der Waals surface area contributed by atoms with Gasteiger partial charge < -0.3 is 15.2 Å². The highest BCUT2D eigenvalue weighted by atomic mass is 32.2. The fraction of sp³-hybridized carbons (Fsp3) is 0.667. The molecule has 9 heteroatoms. The van der Waals surface area contributed by atoms with Crippen molar-refractivity contribution >= 4 is 16.0 Å². The molecule has 1 aromatic rings. The first-order chi connectivity index (χ1) is 10.1. The van der Waals surface area contributed by atoms with Crippen molar-refractivity contribution in [2.24, 2.45) is 0 Å². The highest BCUT2D eigenvalue weighted by Crippen LogP contribution is 2.19. The van der Waals surface area contributed by atoms with Gasteiger partial charge in [-0.3, -0.25) is 0 Å². The standard InChI is InChI=1S/C12H20N4O4S/c1-2-3-13-12-14-6-11(7-15-12)21(18,19)16-4-5-20-9-10(16)8-17/h6-7,10,17H,2-5,8-9H2,1H3,(H,13,14,15). The highest BCUT2D eigenvalue weighted by Gasteiger charge is 2.34. The molecular formula is C12H20N4O4S. The van der Waals surface area contributed by atoms with Crippen LogP contribution in [0.4, 0.5) is 5.95 Å². The molecule has 1 unspecified atom stereocenters. The summed E-state index contributed by atoms with van der Waals surface area (Å²) >= 11 is 0. The predicted octanol–water partition coefficient (Wildman–Crippen LogP) is -0.320. The van der Waals surface area contributed by atoms with E-state index in [0.29, 0.717) is 12.6 Å². The fourth-order valence-electron chi connectivity index (χ4n) is 2.01. The van der Waals surface area contributed by atoms with Crippen LogP contribution in [-0.4, -0.2) is 66.7 Å². The number of nitrogens with zero attached hydrogens (tertiary/aromatic N) is 3. The van der Waals surface area contributed by atoms with Crippen molar-refractivity contribution in [3.05, 3.63) is 12.4 Å². The van der Waals surface area contributed by atoms with Crippen LogP contribution in [0.15, 0.2) is 17.3 Å². The number of hydrogen-bond acceptors (Lipinski definition) is 7. The van der Waals surface area contributed by atoms with Gasteiger partial charge >= 0.3 is 0 Å². The molecule has 1 aromatic heterocycles. The van der Waals surface area contributed by atoms with E-state index in [1.165, 1.54) is 16.7 Å². The molecule has 8 nitrogen and oxygen atoms in total. The maximum atomic E-state index is 12.5. The summed E-state index contributed by atoms with van der Waals surface area (Å²) in [6.07, 6.45) is 3.49. The third-order valence-electron chi connectivity index (χ3n) is 3.15. The minimum absolute atomic E-state index is 0.0184. The second kappa shape index (κ2) is 7.12. The van der Waals surface area contributed by atoms with Crippen LogP contribution >= 0.6 is 0 Å². The van der Waals surface area contributed by atoms with Crippen LogP contribution in [0.3, 0.4) is 0 Å². The van der Waals surface area contributed by atoms with Crippen LogP contribution in [0.2, 0.25) is 0 Å². The molecule has 0 spiro atoms. The lowest BCUT2D eigenvalue weighted by Crippen LogP contribution is -2.50. The van der Waals surface area contributed by atoms with Crippen molar-refractivity contribution in [3.8, 4) is 0 Å². The number of nitrogens with one attached hydrogen (secondary N) is 1. The van der Waals surface area contributed by atoms with E-state index >= 15 is 0 Å². The SMILES string of the molecule is CCCNc1ncc(S(=O)(=O)N2CCOCC2CO)cn1. The molecule has 1 saturated heterocycles. The molecule has 2 heterocycles. The van der Waals surface area contributed by atoms with Gasteiger partial charge in [-0.05, 0) is 6.42 Å². The van der Waals surface area contributed by atoms with Gasteiger partial charge in [-0.1, -0.05) is 6.92 Å². The average molecular weight is 316 g/mol. The Labute approximate surface area is 124 Å². The van der Waals surface area contributed by atoms with E-state index in [1.54, 1.807) is 0 Å². The van der Waals surface area contributed by atoms with Gasteiger partial charge in [0.1, 0.15) is 4.90 Å². The third kappa shape index (κ3) is 3.67. The van der Waals surface area contributed by atoms with Crippen molar-refractivity contribution in [1.29, 1.82) is 0 Å². The molecule has 2 rings (SSSR count). The minimum atomic E-state index is -3.72. The van der Waals surface area contributed by atoms with Crippen LogP contribution in [0.25, 0.3) is 0 Å². The Bertz CT molecular complexity index is 549. The van der Waals surface area contributed by atoms with E-state index in [-0.39, 0.29) is 24.7 Å². The first kappa shape index (κ1) is 16.1. The molecule has 0 saturated carbocycles. The molecule has 0 aromatic carbocycles. The molecule has 1 atom stereocenters. The van der Waals surface area contributed by atoms with Crippen molar-refractivity contribution in [3.63, 3.8) is 0 Å². The van der Waals surface area contributed by atoms with Gasteiger partial charge in [0, 0.05) is 13.1 Å². The van der Waals surface area contributed by atoms with Gasteiger partial charge in [0.15, 0.2) is 0 Å². The number of hydrogen-bond donors (Lipinski definition) is 2. The quantitative estimate of drug-likeness (QED) is 0.741. The summed E-state index contributed by atoms with van der Waals surface area (Å²) in [6.45, 7) is 3.17. The van der Waals surface area contributed by atoms with Crippen LogP contribution in [-0.2, 0) is 14.8 Å². The molecule has 21 heavy (non-hydrogen) atoms. The summed E-state index contributed by atoms with van der Waals surface area (Å²) in [5, 5.41) is 12.3. The van der Waals surface area contributed by atoms with Crippen molar-refractivity contribution in [2.45, 2.75) is 24.3 Å². The lowest BCUT2D eigenvalue weighted by molar-refractivity contribution is 0.0109. The smallest absolute Gasteiger partial charge is 0.246 e. The number of aromatic nitrogens is 2. The van der Waals surface area contributed by atoms with E-state index in [4.69, 9.17) is 4.74 Å². The highest BCUT2D eigenvalue weighted by molar-refractivity contribution is 7.89. The molecule has 0 bridgehead atoms. The largest absolute Gasteiger partial charge is 0.395 e. The number of morpholine rings is 1. The maximum Gasteiger partial charge on any atom is 0.246 e. The lowest BCUT2D eigenvalue weighted by atomic mass is 10.3. The number of sulfonamides is 1. The Morgan fingerprint density at radius 2 is 2.19 bits per heavy atom. The number of ether oxygens (including phenoxy) is 1. The Morgan fingerprint density at radius 3 is 2.81 bits per heavy atom. The first-order valence-corrected chi connectivity index (χ1v) is 8.30. The Balaban J connectivity index is 2.18. The topological polar surface area (TPSA) is 105 Å². The summed E-state index contributed by atoms with van der Waals surface area (Å²) < 4.78 is 31.5. The molecule has 2 N–H and O–H groups in total. The van der Waals surface area contributed by atoms with Crippen LogP contribution in [0.5, 0.6) is 0 Å². The van der Waals surface area contributed by atoms with Crippen LogP contribution < -0.4 is 5.32 Å². The zero-order valence-corrected chi connectivity index (χ0v) is 12.7. The van der Waals surface area contributed by atoms with Crippen LogP contribution in [0, 0.1) is 0 Å². The van der Waals surface area contributed by atoms with Gasteiger partial charge in [0.2, 0.25) is 16.0 Å². The third-order valence-corrected chi connectivity index (χ3v) is 5.06.